The average molecular weight is 448 g/mol. The maximum absolute atomic E-state index is 13.9. The summed E-state index contributed by atoms with van der Waals surface area (Å²) in [5.74, 6) is -1.63. The number of para-hydroxylation sites is 1. The van der Waals surface area contributed by atoms with Crippen molar-refractivity contribution in [1.82, 2.24) is 4.90 Å². The van der Waals surface area contributed by atoms with Crippen LogP contribution >= 0.6 is 0 Å². The van der Waals surface area contributed by atoms with Gasteiger partial charge in [-0.2, -0.15) is 0 Å². The van der Waals surface area contributed by atoms with Crippen molar-refractivity contribution >= 4 is 29.1 Å². The Morgan fingerprint density at radius 1 is 0.879 bits per heavy atom. The Labute approximate surface area is 192 Å². The van der Waals surface area contributed by atoms with Crippen molar-refractivity contribution in [3.8, 4) is 0 Å². The maximum atomic E-state index is 13.9. The molecule has 3 aromatic carbocycles. The number of hydrogen-bond acceptors (Lipinski definition) is 3. The molecule has 0 radical (unpaired) electrons. The number of carbonyl (C=O) groups is 3. The highest BCUT2D eigenvalue weighted by molar-refractivity contribution is 6.08. The summed E-state index contributed by atoms with van der Waals surface area (Å²) < 4.78 is 13.9. The van der Waals surface area contributed by atoms with E-state index in [0.29, 0.717) is 30.0 Å². The smallest absolute Gasteiger partial charge is 0.258 e. The summed E-state index contributed by atoms with van der Waals surface area (Å²) in [6.07, 6.45) is 0. The molecule has 2 N–H and O–H groups in total. The first-order chi connectivity index (χ1) is 15.8. The number of carbonyl (C=O) groups excluding carboxylic acids is 3. The molecule has 3 amide bonds. The molecule has 7 heteroatoms. The van der Waals surface area contributed by atoms with Gasteiger partial charge in [0, 0.05) is 37.0 Å². The summed E-state index contributed by atoms with van der Waals surface area (Å²) in [7, 11) is 0. The summed E-state index contributed by atoms with van der Waals surface area (Å²) in [6, 6.07) is 17.9. The number of hydrogen-bond donors (Lipinski definition) is 2. The number of halogens is 1. The number of aryl methyl sites for hydroxylation is 1. The third-order valence-corrected chi connectivity index (χ3v) is 5.32. The van der Waals surface area contributed by atoms with Crippen LogP contribution in [0, 0.1) is 12.7 Å². The van der Waals surface area contributed by atoms with E-state index in [0.717, 1.165) is 11.1 Å². The van der Waals surface area contributed by atoms with Gasteiger partial charge in [0.15, 0.2) is 0 Å². The van der Waals surface area contributed by atoms with Gasteiger partial charge in [-0.1, -0.05) is 36.4 Å². The van der Waals surface area contributed by atoms with Crippen molar-refractivity contribution in [2.45, 2.75) is 27.3 Å². The van der Waals surface area contributed by atoms with Gasteiger partial charge in [-0.3, -0.25) is 14.4 Å². The predicted octanol–water partition coefficient (Wildman–Crippen LogP) is 5.01. The van der Waals surface area contributed by atoms with Gasteiger partial charge in [-0.25, -0.2) is 4.39 Å². The lowest BCUT2D eigenvalue weighted by atomic mass is 10.1. The maximum Gasteiger partial charge on any atom is 0.258 e. The van der Waals surface area contributed by atoms with Crippen LogP contribution in [-0.2, 0) is 11.3 Å². The van der Waals surface area contributed by atoms with Gasteiger partial charge in [0.2, 0.25) is 5.91 Å². The van der Waals surface area contributed by atoms with Crippen molar-refractivity contribution in [1.29, 1.82) is 0 Å². The Bertz CT molecular complexity index is 1190. The third-order valence-electron chi connectivity index (χ3n) is 5.32. The Kier molecular flexibility index (Phi) is 7.56. The van der Waals surface area contributed by atoms with Crippen LogP contribution in [0.1, 0.15) is 45.7 Å². The predicted molar refractivity (Wildman–Crippen MR) is 127 cm³/mol. The molecule has 0 saturated carbocycles. The molecule has 0 spiro atoms. The van der Waals surface area contributed by atoms with Gasteiger partial charge in [0.1, 0.15) is 5.82 Å². The van der Waals surface area contributed by atoms with Crippen molar-refractivity contribution in [3.63, 3.8) is 0 Å². The largest absolute Gasteiger partial charge is 0.339 e. The lowest BCUT2D eigenvalue weighted by molar-refractivity contribution is -0.129. The summed E-state index contributed by atoms with van der Waals surface area (Å²) in [5.41, 5.74) is 2.81. The van der Waals surface area contributed by atoms with Gasteiger partial charge in [0.25, 0.3) is 11.8 Å². The first kappa shape index (κ1) is 23.7. The molecule has 0 aliphatic carbocycles. The third kappa shape index (κ3) is 5.83. The fourth-order valence-electron chi connectivity index (χ4n) is 3.36. The van der Waals surface area contributed by atoms with Gasteiger partial charge in [-0.15, -0.1) is 0 Å². The van der Waals surface area contributed by atoms with Gasteiger partial charge >= 0.3 is 0 Å². The van der Waals surface area contributed by atoms with Gasteiger partial charge < -0.3 is 15.5 Å². The quantitative estimate of drug-likeness (QED) is 0.535. The van der Waals surface area contributed by atoms with Crippen LogP contribution in [-0.4, -0.2) is 29.2 Å². The van der Waals surface area contributed by atoms with Crippen LogP contribution in [0.2, 0.25) is 0 Å². The molecule has 33 heavy (non-hydrogen) atoms. The highest BCUT2D eigenvalue weighted by Gasteiger charge is 2.16. The normalized spacial score (nSPS) is 10.4. The summed E-state index contributed by atoms with van der Waals surface area (Å²) in [4.78, 5) is 38.9. The van der Waals surface area contributed by atoms with Crippen molar-refractivity contribution in [2.24, 2.45) is 0 Å². The summed E-state index contributed by atoms with van der Waals surface area (Å²) in [6.45, 7) is 6.12. The van der Waals surface area contributed by atoms with E-state index in [4.69, 9.17) is 0 Å². The average Bonchev–Trinajstić information content (AvgIpc) is 2.79. The monoisotopic (exact) mass is 447 g/mol. The van der Waals surface area contributed by atoms with E-state index in [2.05, 4.69) is 10.6 Å². The molecule has 3 aromatic rings. The first-order valence-electron chi connectivity index (χ1n) is 10.6. The molecule has 0 bridgehead atoms. The molecular formula is C26H26FN3O3. The fourth-order valence-corrected chi connectivity index (χ4v) is 3.36. The lowest BCUT2D eigenvalue weighted by Gasteiger charge is -2.21. The van der Waals surface area contributed by atoms with Crippen molar-refractivity contribution in [3.05, 3.63) is 94.8 Å². The summed E-state index contributed by atoms with van der Waals surface area (Å²) in [5, 5.41) is 5.57. The Hall–Kier alpha value is -4.00. The molecule has 0 aliphatic rings. The minimum absolute atomic E-state index is 0.0487. The molecule has 170 valence electrons. The van der Waals surface area contributed by atoms with E-state index in [1.807, 2.05) is 19.1 Å². The molecule has 0 fully saturated rings. The molecule has 0 aromatic heterocycles. The van der Waals surface area contributed by atoms with Crippen LogP contribution in [0.3, 0.4) is 0 Å². The summed E-state index contributed by atoms with van der Waals surface area (Å²) >= 11 is 0. The molecule has 6 nitrogen and oxygen atoms in total. The van der Waals surface area contributed by atoms with E-state index in [9.17, 15) is 18.8 Å². The Morgan fingerprint density at radius 3 is 2.24 bits per heavy atom. The highest BCUT2D eigenvalue weighted by atomic mass is 19.1. The van der Waals surface area contributed by atoms with Crippen molar-refractivity contribution < 1.29 is 18.8 Å². The number of rotatable bonds is 7. The van der Waals surface area contributed by atoms with Crippen LogP contribution in [0.4, 0.5) is 15.8 Å². The molecule has 0 unspecified atom stereocenters. The number of benzene rings is 3. The van der Waals surface area contributed by atoms with E-state index in [-0.39, 0.29) is 17.4 Å². The number of nitrogens with one attached hydrogen (secondary N) is 2. The second-order valence-corrected chi connectivity index (χ2v) is 7.61. The van der Waals surface area contributed by atoms with Crippen LogP contribution in [0.15, 0.2) is 66.7 Å². The SMILES string of the molecule is CCN(Cc1ccccc1NC(=O)c1ccc(C)c(NC(=O)c2ccccc2F)c1)C(C)=O. The molecule has 0 aliphatic heterocycles. The van der Waals surface area contributed by atoms with Crippen LogP contribution in [0.5, 0.6) is 0 Å². The number of amides is 3. The molecule has 0 saturated heterocycles. The van der Waals surface area contributed by atoms with Gasteiger partial charge in [-0.05, 0) is 55.3 Å². The topological polar surface area (TPSA) is 78.5 Å². The van der Waals surface area contributed by atoms with E-state index in [1.165, 1.54) is 25.1 Å². The molecule has 0 heterocycles. The van der Waals surface area contributed by atoms with Gasteiger partial charge in [0.05, 0.1) is 5.56 Å². The van der Waals surface area contributed by atoms with Crippen LogP contribution < -0.4 is 10.6 Å². The molecule has 3 rings (SSSR count). The van der Waals surface area contributed by atoms with E-state index < -0.39 is 11.7 Å². The lowest BCUT2D eigenvalue weighted by Crippen LogP contribution is -2.28. The second kappa shape index (κ2) is 10.5. The second-order valence-electron chi connectivity index (χ2n) is 7.61. The number of nitrogens with zero attached hydrogens (tertiary/aromatic N) is 1. The number of anilines is 2. The Balaban J connectivity index is 1.80. The fraction of sp³-hybridized carbons (Fsp3) is 0.192. The van der Waals surface area contributed by atoms with Crippen molar-refractivity contribution in [2.75, 3.05) is 17.2 Å². The molecular weight excluding hydrogens is 421 g/mol. The Morgan fingerprint density at radius 2 is 1.55 bits per heavy atom. The molecule has 0 atom stereocenters. The van der Waals surface area contributed by atoms with Crippen LogP contribution in [0.25, 0.3) is 0 Å². The minimum Gasteiger partial charge on any atom is -0.339 e. The standard InChI is InChI=1S/C26H26FN3O3/c1-4-30(18(3)31)16-20-9-5-8-12-23(20)28-25(32)19-14-13-17(2)24(15-19)29-26(33)21-10-6-7-11-22(21)27/h5-15H,4,16H2,1-3H3,(H,28,32)(H,29,33). The highest BCUT2D eigenvalue weighted by Crippen LogP contribution is 2.22. The minimum atomic E-state index is -0.621. The van der Waals surface area contributed by atoms with E-state index >= 15 is 0 Å². The zero-order valence-corrected chi connectivity index (χ0v) is 18.8. The first-order valence-corrected chi connectivity index (χ1v) is 10.6. The zero-order chi connectivity index (χ0) is 24.0. The zero-order valence-electron chi connectivity index (χ0n) is 18.8. The van der Waals surface area contributed by atoms with E-state index in [1.54, 1.807) is 48.2 Å².